The Labute approximate surface area is 240 Å². The summed E-state index contributed by atoms with van der Waals surface area (Å²) in [5, 5.41) is 12.4. The van der Waals surface area contributed by atoms with Crippen LogP contribution in [0.25, 0.3) is 5.57 Å². The number of carbonyl (C=O) groups excluding carboxylic acids is 1. The first-order valence-corrected chi connectivity index (χ1v) is 19.2. The number of carbonyl (C=O) groups is 1. The second-order valence-electron chi connectivity index (χ2n) is 12.6. The summed E-state index contributed by atoms with van der Waals surface area (Å²) >= 11 is 0. The fourth-order valence-electron chi connectivity index (χ4n) is 4.44. The van der Waals surface area contributed by atoms with Crippen molar-refractivity contribution in [1.82, 2.24) is 14.3 Å². The molecule has 0 bridgehead atoms. The number of rotatable bonds is 12. The lowest BCUT2D eigenvalue weighted by Gasteiger charge is -2.21. The van der Waals surface area contributed by atoms with Gasteiger partial charge in [-0.2, -0.15) is 5.26 Å². The first kappa shape index (κ1) is 31.7. The molecule has 0 radical (unpaired) electrons. The van der Waals surface area contributed by atoms with Crippen LogP contribution in [-0.4, -0.2) is 49.8 Å². The van der Waals surface area contributed by atoms with E-state index in [2.05, 4.69) is 40.7 Å². The third-order valence-corrected chi connectivity index (χ3v) is 9.78. The third kappa shape index (κ3) is 10.00. The lowest BCUT2D eigenvalue weighted by molar-refractivity contribution is 0.0808. The molecule has 0 saturated heterocycles. The molecule has 1 aromatic carbocycles. The molecule has 1 heterocycles. The van der Waals surface area contributed by atoms with Gasteiger partial charge >= 0.3 is 0 Å². The van der Waals surface area contributed by atoms with Crippen molar-refractivity contribution in [2.75, 3.05) is 17.7 Å². The van der Waals surface area contributed by atoms with Gasteiger partial charge in [0.2, 0.25) is 15.8 Å². The van der Waals surface area contributed by atoms with Crippen LogP contribution in [0.15, 0.2) is 30.5 Å². The highest BCUT2D eigenvalue weighted by Gasteiger charge is 2.22. The molecule has 0 unspecified atom stereocenters. The van der Waals surface area contributed by atoms with Gasteiger partial charge in [-0.25, -0.2) is 18.1 Å². The standard InChI is InChI=1S/C29H43N5O4SSi/c1-29(2,3)33-39(36,37)16-14-22-12-13-26(25(18-22)23-10-8-7-9-11-23)32-28(35)27-31-24(19-30)20-34(27)21-38-15-17-40(4,5)6/h10,12-13,18,20,33H,7-9,11,14-17,21H2,1-6H3,(H,32,35). The van der Waals surface area contributed by atoms with Crippen molar-refractivity contribution < 1.29 is 17.9 Å². The number of aromatic nitrogens is 2. The maximum absolute atomic E-state index is 13.4. The Bertz CT molecular complexity index is 1380. The van der Waals surface area contributed by atoms with Crippen molar-refractivity contribution in [2.24, 2.45) is 0 Å². The number of nitrogens with zero attached hydrogens (tertiary/aromatic N) is 3. The van der Waals surface area contributed by atoms with Crippen molar-refractivity contribution in [3.63, 3.8) is 0 Å². The number of allylic oxidation sites excluding steroid dienone is 2. The van der Waals surface area contributed by atoms with Crippen LogP contribution in [-0.2, 0) is 27.9 Å². The summed E-state index contributed by atoms with van der Waals surface area (Å²) in [5.74, 6) is -0.352. The fourth-order valence-corrected chi connectivity index (χ4v) is 6.74. The van der Waals surface area contributed by atoms with Crippen molar-refractivity contribution in [2.45, 2.75) is 90.8 Å². The van der Waals surface area contributed by atoms with Gasteiger partial charge in [0.1, 0.15) is 12.8 Å². The summed E-state index contributed by atoms with van der Waals surface area (Å²) in [7, 11) is -4.71. The molecule has 1 aromatic heterocycles. The number of amides is 1. The van der Waals surface area contributed by atoms with E-state index >= 15 is 0 Å². The predicted molar refractivity (Wildman–Crippen MR) is 162 cm³/mol. The molecule has 1 amide bonds. The van der Waals surface area contributed by atoms with Crippen LogP contribution in [0.4, 0.5) is 5.69 Å². The van der Waals surface area contributed by atoms with Gasteiger partial charge in [-0.05, 0) is 82.2 Å². The predicted octanol–water partition coefficient (Wildman–Crippen LogP) is 5.54. The number of imidazole rings is 1. The minimum Gasteiger partial charge on any atom is -0.361 e. The van der Waals surface area contributed by atoms with E-state index in [9.17, 15) is 18.5 Å². The number of benzene rings is 1. The van der Waals surface area contributed by atoms with Gasteiger partial charge in [-0.1, -0.05) is 31.8 Å². The monoisotopic (exact) mass is 585 g/mol. The van der Waals surface area contributed by atoms with E-state index in [0.29, 0.717) is 18.7 Å². The quantitative estimate of drug-likeness (QED) is 0.249. The Morgan fingerprint density at radius 3 is 2.60 bits per heavy atom. The van der Waals surface area contributed by atoms with E-state index in [1.807, 2.05) is 45.0 Å². The molecule has 2 N–H and O–H groups in total. The fraction of sp³-hybridized carbons (Fsp3) is 0.552. The van der Waals surface area contributed by atoms with E-state index < -0.39 is 29.5 Å². The van der Waals surface area contributed by atoms with Crippen LogP contribution >= 0.6 is 0 Å². The molecule has 0 spiro atoms. The topological polar surface area (TPSA) is 126 Å². The maximum atomic E-state index is 13.4. The Morgan fingerprint density at radius 1 is 1.23 bits per heavy atom. The third-order valence-electron chi connectivity index (χ3n) is 6.41. The van der Waals surface area contributed by atoms with Gasteiger partial charge in [-0.15, -0.1) is 0 Å². The highest BCUT2D eigenvalue weighted by atomic mass is 32.2. The minimum absolute atomic E-state index is 0.0272. The van der Waals surface area contributed by atoms with Crippen molar-refractivity contribution >= 4 is 35.3 Å². The van der Waals surface area contributed by atoms with Gasteiger partial charge in [0.05, 0.1) is 5.75 Å². The number of anilines is 1. The maximum Gasteiger partial charge on any atom is 0.291 e. The lowest BCUT2D eigenvalue weighted by Crippen LogP contribution is -2.42. The van der Waals surface area contributed by atoms with Crippen molar-refractivity contribution in [3.8, 4) is 6.07 Å². The minimum atomic E-state index is -3.44. The zero-order valence-corrected chi connectivity index (χ0v) is 26.5. The smallest absolute Gasteiger partial charge is 0.291 e. The molecule has 218 valence electrons. The average molecular weight is 586 g/mol. The number of nitrogens with one attached hydrogen (secondary N) is 2. The molecular formula is C29H43N5O4SSi. The first-order valence-electron chi connectivity index (χ1n) is 13.9. The number of sulfonamides is 1. The zero-order valence-electron chi connectivity index (χ0n) is 24.6. The molecule has 11 heteroatoms. The molecule has 2 aromatic rings. The summed E-state index contributed by atoms with van der Waals surface area (Å²) in [5.41, 5.74) is 3.14. The van der Waals surface area contributed by atoms with E-state index in [-0.39, 0.29) is 24.0 Å². The Balaban J connectivity index is 1.82. The van der Waals surface area contributed by atoms with Crippen LogP contribution in [0.5, 0.6) is 0 Å². The normalized spacial score (nSPS) is 14.5. The number of nitriles is 1. The van der Waals surface area contributed by atoms with Crippen LogP contribution in [0.1, 0.15) is 73.9 Å². The van der Waals surface area contributed by atoms with Crippen LogP contribution in [0.3, 0.4) is 0 Å². The molecule has 3 rings (SSSR count). The number of hydrogen-bond donors (Lipinski definition) is 2. The first-order chi connectivity index (χ1) is 18.7. The Hall–Kier alpha value is -2.78. The molecule has 9 nitrogen and oxygen atoms in total. The second kappa shape index (κ2) is 13.3. The molecule has 0 atom stereocenters. The SMILES string of the molecule is CC(C)(C)NS(=O)(=O)CCc1ccc(NC(=O)c2nc(C#N)cn2COCC[Si](C)(C)C)c(C2=CCCCC2)c1. The average Bonchev–Trinajstić information content (AvgIpc) is 3.28. The number of ether oxygens (including phenoxy) is 1. The van der Waals surface area contributed by atoms with E-state index in [0.717, 1.165) is 48.4 Å². The van der Waals surface area contributed by atoms with Crippen LogP contribution in [0.2, 0.25) is 25.7 Å². The summed E-state index contributed by atoms with van der Waals surface area (Å²) in [6.45, 7) is 13.0. The van der Waals surface area contributed by atoms with Crippen molar-refractivity contribution in [3.05, 3.63) is 53.1 Å². The van der Waals surface area contributed by atoms with Gasteiger partial charge < -0.3 is 14.6 Å². The van der Waals surface area contributed by atoms with Gasteiger partial charge in [0.15, 0.2) is 5.69 Å². The van der Waals surface area contributed by atoms with Gasteiger partial charge in [0.25, 0.3) is 5.91 Å². The molecule has 1 aliphatic rings. The van der Waals surface area contributed by atoms with Crippen molar-refractivity contribution in [1.29, 1.82) is 5.26 Å². The second-order valence-corrected chi connectivity index (χ2v) is 20.1. The van der Waals surface area contributed by atoms with Gasteiger partial charge in [0, 0.05) is 37.7 Å². The molecule has 40 heavy (non-hydrogen) atoms. The Kier molecular flexibility index (Phi) is 10.5. The number of hydrogen-bond acceptors (Lipinski definition) is 6. The number of aryl methyl sites for hydroxylation is 1. The largest absolute Gasteiger partial charge is 0.361 e. The molecule has 1 aliphatic carbocycles. The van der Waals surface area contributed by atoms with E-state index in [1.165, 1.54) is 6.20 Å². The summed E-state index contributed by atoms with van der Waals surface area (Å²) in [4.78, 5) is 17.6. The lowest BCUT2D eigenvalue weighted by atomic mass is 9.91. The van der Waals surface area contributed by atoms with Crippen LogP contribution < -0.4 is 10.0 Å². The summed E-state index contributed by atoms with van der Waals surface area (Å²) < 4.78 is 35.2. The Morgan fingerprint density at radius 2 is 1.98 bits per heavy atom. The van der Waals surface area contributed by atoms with Gasteiger partial charge in [-0.3, -0.25) is 4.79 Å². The molecule has 0 saturated carbocycles. The summed E-state index contributed by atoms with van der Waals surface area (Å²) in [6.07, 6.45) is 8.09. The van der Waals surface area contributed by atoms with E-state index in [4.69, 9.17) is 4.74 Å². The molecular weight excluding hydrogens is 543 g/mol. The summed E-state index contributed by atoms with van der Waals surface area (Å²) in [6, 6.07) is 8.65. The van der Waals surface area contributed by atoms with Crippen LogP contribution in [0, 0.1) is 11.3 Å². The highest BCUT2D eigenvalue weighted by molar-refractivity contribution is 7.89. The molecule has 0 fully saturated rings. The highest BCUT2D eigenvalue weighted by Crippen LogP contribution is 2.33. The van der Waals surface area contributed by atoms with E-state index in [1.54, 1.807) is 4.57 Å². The zero-order chi connectivity index (χ0) is 29.6. The molecule has 0 aliphatic heterocycles.